The molecule has 0 unspecified atom stereocenters. The van der Waals surface area contributed by atoms with E-state index in [1.807, 2.05) is 24.3 Å². The number of pyridine rings is 1. The minimum absolute atomic E-state index is 0.260. The molecule has 0 spiro atoms. The van der Waals surface area contributed by atoms with Crippen molar-refractivity contribution in [1.29, 1.82) is 5.26 Å². The molecule has 102 valence electrons. The summed E-state index contributed by atoms with van der Waals surface area (Å²) >= 11 is 0. The lowest BCUT2D eigenvalue weighted by molar-refractivity contribution is 0.203. The van der Waals surface area contributed by atoms with Gasteiger partial charge in [-0.15, -0.1) is 0 Å². The number of piperidine rings is 1. The quantitative estimate of drug-likeness (QED) is 0.907. The fourth-order valence-electron chi connectivity index (χ4n) is 2.89. The highest BCUT2D eigenvalue weighted by atomic mass is 16.3. The Bertz CT molecular complexity index is 654. The summed E-state index contributed by atoms with van der Waals surface area (Å²) in [6.45, 7) is 2.03. The van der Waals surface area contributed by atoms with Gasteiger partial charge in [0.1, 0.15) is 6.07 Å². The molecule has 1 aliphatic heterocycles. The summed E-state index contributed by atoms with van der Waals surface area (Å²) in [6, 6.07) is 10.2. The van der Waals surface area contributed by atoms with Crippen molar-refractivity contribution in [2.75, 3.05) is 24.6 Å². The molecule has 2 heterocycles. The number of para-hydroxylation sites is 1. The lowest BCUT2D eigenvalue weighted by atomic mass is 9.96. The van der Waals surface area contributed by atoms with Crippen LogP contribution in [-0.4, -0.2) is 29.8 Å². The first-order chi connectivity index (χ1) is 9.83. The van der Waals surface area contributed by atoms with Crippen molar-refractivity contribution in [2.45, 2.75) is 12.8 Å². The van der Waals surface area contributed by atoms with Gasteiger partial charge in [-0.25, -0.2) is 0 Å². The normalized spacial score (nSPS) is 16.3. The Morgan fingerprint density at radius 1 is 1.30 bits per heavy atom. The number of aliphatic hydroxyl groups is 1. The van der Waals surface area contributed by atoms with Gasteiger partial charge in [-0.3, -0.25) is 4.98 Å². The van der Waals surface area contributed by atoms with Gasteiger partial charge in [-0.05, 0) is 24.8 Å². The van der Waals surface area contributed by atoms with Gasteiger partial charge in [0, 0.05) is 31.3 Å². The smallest absolute Gasteiger partial charge is 0.103 e. The number of aliphatic hydroxyl groups excluding tert-OH is 1. The fourth-order valence-corrected chi connectivity index (χ4v) is 2.89. The van der Waals surface area contributed by atoms with Crippen molar-refractivity contribution in [1.82, 2.24) is 4.98 Å². The Morgan fingerprint density at radius 2 is 2.05 bits per heavy atom. The predicted octanol–water partition coefficient (Wildman–Crippen LogP) is 2.32. The molecule has 0 saturated carbocycles. The molecule has 0 aliphatic carbocycles. The zero-order valence-electron chi connectivity index (χ0n) is 11.3. The first kappa shape index (κ1) is 12.9. The molecule has 4 heteroatoms. The van der Waals surface area contributed by atoms with Crippen molar-refractivity contribution >= 4 is 16.6 Å². The van der Waals surface area contributed by atoms with Crippen LogP contribution in [0.15, 0.2) is 30.5 Å². The summed E-state index contributed by atoms with van der Waals surface area (Å²) in [5, 5.41) is 19.6. The van der Waals surface area contributed by atoms with E-state index < -0.39 is 0 Å². The van der Waals surface area contributed by atoms with E-state index in [4.69, 9.17) is 0 Å². The highest BCUT2D eigenvalue weighted by Gasteiger charge is 2.22. The zero-order valence-corrected chi connectivity index (χ0v) is 11.3. The summed E-state index contributed by atoms with van der Waals surface area (Å²) in [5.41, 5.74) is 2.55. The molecular formula is C16H17N3O. The molecule has 1 aromatic heterocycles. The van der Waals surface area contributed by atoms with Crippen LogP contribution >= 0.6 is 0 Å². The molecular weight excluding hydrogens is 250 g/mol. The molecule has 0 bridgehead atoms. The number of hydrogen-bond acceptors (Lipinski definition) is 4. The van der Waals surface area contributed by atoms with Gasteiger partial charge >= 0.3 is 0 Å². The molecule has 1 aliphatic rings. The number of nitriles is 1. The second-order valence-corrected chi connectivity index (χ2v) is 5.26. The number of hydrogen-bond donors (Lipinski definition) is 1. The van der Waals surface area contributed by atoms with Crippen LogP contribution in [0.5, 0.6) is 0 Å². The Morgan fingerprint density at radius 3 is 2.75 bits per heavy atom. The van der Waals surface area contributed by atoms with Gasteiger partial charge in [0.2, 0.25) is 0 Å². The SMILES string of the molecule is N#Cc1cnc2ccccc2c1N1CCC(CO)CC1. The lowest BCUT2D eigenvalue weighted by Gasteiger charge is -2.34. The van der Waals surface area contributed by atoms with Gasteiger partial charge in [0.15, 0.2) is 0 Å². The minimum atomic E-state index is 0.260. The van der Waals surface area contributed by atoms with E-state index in [0.717, 1.165) is 42.5 Å². The zero-order chi connectivity index (χ0) is 13.9. The standard InChI is InChI=1S/C16H17N3O/c17-9-13-10-18-15-4-2-1-3-14(15)16(13)19-7-5-12(11-20)6-8-19/h1-4,10,12,20H,5-8,11H2. The van der Waals surface area contributed by atoms with E-state index in [1.54, 1.807) is 6.20 Å². The number of aromatic nitrogens is 1. The highest BCUT2D eigenvalue weighted by Crippen LogP contribution is 2.32. The van der Waals surface area contributed by atoms with Crippen LogP contribution in [0.4, 0.5) is 5.69 Å². The summed E-state index contributed by atoms with van der Waals surface area (Å²) < 4.78 is 0. The van der Waals surface area contributed by atoms with Gasteiger partial charge < -0.3 is 10.0 Å². The number of fused-ring (bicyclic) bond motifs is 1. The van der Waals surface area contributed by atoms with E-state index in [9.17, 15) is 10.4 Å². The van der Waals surface area contributed by atoms with Crippen LogP contribution in [0.25, 0.3) is 10.9 Å². The van der Waals surface area contributed by atoms with Crippen molar-refractivity contribution in [2.24, 2.45) is 5.92 Å². The molecule has 1 fully saturated rings. The highest BCUT2D eigenvalue weighted by molar-refractivity contribution is 5.94. The first-order valence-electron chi connectivity index (χ1n) is 6.97. The van der Waals surface area contributed by atoms with Crippen molar-refractivity contribution < 1.29 is 5.11 Å². The fraction of sp³-hybridized carbons (Fsp3) is 0.375. The summed E-state index contributed by atoms with van der Waals surface area (Å²) in [7, 11) is 0. The summed E-state index contributed by atoms with van der Waals surface area (Å²) in [4.78, 5) is 6.61. The lowest BCUT2D eigenvalue weighted by Crippen LogP contribution is -2.35. The van der Waals surface area contributed by atoms with Crippen LogP contribution in [0, 0.1) is 17.2 Å². The third-order valence-corrected chi connectivity index (χ3v) is 4.06. The molecule has 0 radical (unpaired) electrons. The summed E-state index contributed by atoms with van der Waals surface area (Å²) in [5.74, 6) is 0.393. The second kappa shape index (κ2) is 5.48. The molecule has 2 aromatic rings. The van der Waals surface area contributed by atoms with Gasteiger partial charge in [-0.2, -0.15) is 5.26 Å². The van der Waals surface area contributed by atoms with Crippen LogP contribution < -0.4 is 4.90 Å². The Balaban J connectivity index is 2.04. The van der Waals surface area contributed by atoms with E-state index in [0.29, 0.717) is 11.5 Å². The average molecular weight is 267 g/mol. The van der Waals surface area contributed by atoms with E-state index in [2.05, 4.69) is 16.0 Å². The summed E-state index contributed by atoms with van der Waals surface area (Å²) in [6.07, 6.45) is 3.60. The van der Waals surface area contributed by atoms with Crippen LogP contribution in [0.2, 0.25) is 0 Å². The largest absolute Gasteiger partial charge is 0.396 e. The minimum Gasteiger partial charge on any atom is -0.396 e. The van der Waals surface area contributed by atoms with E-state index in [1.165, 1.54) is 0 Å². The van der Waals surface area contributed by atoms with Gasteiger partial charge in [0.05, 0.1) is 16.8 Å². The van der Waals surface area contributed by atoms with Gasteiger partial charge in [0.25, 0.3) is 0 Å². The van der Waals surface area contributed by atoms with Crippen LogP contribution in [0.1, 0.15) is 18.4 Å². The Hall–Kier alpha value is -2.12. The maximum Gasteiger partial charge on any atom is 0.103 e. The number of nitrogens with zero attached hydrogens (tertiary/aromatic N) is 3. The Kier molecular flexibility index (Phi) is 3.53. The molecule has 3 rings (SSSR count). The third kappa shape index (κ3) is 2.21. The monoisotopic (exact) mass is 267 g/mol. The maximum atomic E-state index is 9.35. The number of rotatable bonds is 2. The molecule has 0 atom stereocenters. The van der Waals surface area contributed by atoms with E-state index in [-0.39, 0.29) is 6.61 Å². The van der Waals surface area contributed by atoms with Crippen LogP contribution in [-0.2, 0) is 0 Å². The molecule has 1 N–H and O–H groups in total. The predicted molar refractivity (Wildman–Crippen MR) is 78.5 cm³/mol. The van der Waals surface area contributed by atoms with Crippen molar-refractivity contribution in [3.05, 3.63) is 36.0 Å². The molecule has 1 saturated heterocycles. The van der Waals surface area contributed by atoms with Crippen molar-refractivity contribution in [3.63, 3.8) is 0 Å². The molecule has 1 aromatic carbocycles. The third-order valence-electron chi connectivity index (χ3n) is 4.06. The first-order valence-corrected chi connectivity index (χ1v) is 6.97. The molecule has 20 heavy (non-hydrogen) atoms. The van der Waals surface area contributed by atoms with Crippen molar-refractivity contribution in [3.8, 4) is 6.07 Å². The van der Waals surface area contributed by atoms with Crippen LogP contribution in [0.3, 0.4) is 0 Å². The number of benzene rings is 1. The topological polar surface area (TPSA) is 60.2 Å². The Labute approximate surface area is 118 Å². The average Bonchev–Trinajstić information content (AvgIpc) is 2.54. The molecule has 4 nitrogen and oxygen atoms in total. The maximum absolute atomic E-state index is 9.35. The number of anilines is 1. The van der Waals surface area contributed by atoms with E-state index >= 15 is 0 Å². The van der Waals surface area contributed by atoms with Gasteiger partial charge in [-0.1, -0.05) is 18.2 Å². The second-order valence-electron chi connectivity index (χ2n) is 5.26. The molecule has 0 amide bonds.